The molecule has 1 heterocycles. The summed E-state index contributed by atoms with van der Waals surface area (Å²) >= 11 is 0. The zero-order valence-corrected chi connectivity index (χ0v) is 18.6. The third-order valence-corrected chi connectivity index (χ3v) is 6.53. The minimum absolute atomic E-state index is 0.707. The molecule has 160 valence electrons. The van der Waals surface area contributed by atoms with E-state index in [1.807, 2.05) is 0 Å². The van der Waals surface area contributed by atoms with Crippen molar-refractivity contribution < 1.29 is 9.47 Å². The number of benzene rings is 5. The van der Waals surface area contributed by atoms with E-state index in [0.717, 1.165) is 59.0 Å². The molecular formula is C28H26N2O2. The van der Waals surface area contributed by atoms with Crippen LogP contribution in [0.25, 0.3) is 54.1 Å². The molecule has 0 N–H and O–H groups in total. The topological polar surface area (TPSA) is 44.2 Å². The third-order valence-electron chi connectivity index (χ3n) is 6.53. The van der Waals surface area contributed by atoms with Crippen molar-refractivity contribution in [2.24, 2.45) is 0 Å². The predicted octanol–water partition coefficient (Wildman–Crippen LogP) is 7.48. The number of ether oxygens (including phenoxy) is 2. The summed E-state index contributed by atoms with van der Waals surface area (Å²) in [5.41, 5.74) is 1.85. The summed E-state index contributed by atoms with van der Waals surface area (Å²) in [5, 5.41) is 18.5. The van der Waals surface area contributed by atoms with Gasteiger partial charge >= 0.3 is 0 Å². The third kappa shape index (κ3) is 2.75. The first-order valence-corrected chi connectivity index (χ1v) is 11.7. The molecule has 6 rings (SSSR count). The van der Waals surface area contributed by atoms with E-state index in [9.17, 15) is 0 Å². The van der Waals surface area contributed by atoms with Gasteiger partial charge in [-0.1, -0.05) is 51.0 Å². The van der Waals surface area contributed by atoms with Crippen LogP contribution in [0.4, 0.5) is 0 Å². The molecule has 0 saturated carbocycles. The fourth-order valence-electron chi connectivity index (χ4n) is 4.95. The quantitative estimate of drug-likeness (QED) is 0.145. The summed E-state index contributed by atoms with van der Waals surface area (Å²) in [6, 6.07) is 17.0. The highest BCUT2D eigenvalue weighted by Crippen LogP contribution is 2.49. The maximum Gasteiger partial charge on any atom is 0.127 e. The highest BCUT2D eigenvalue weighted by molar-refractivity contribution is 6.40. The van der Waals surface area contributed by atoms with Crippen LogP contribution >= 0.6 is 0 Å². The van der Waals surface area contributed by atoms with Crippen molar-refractivity contribution >= 4 is 54.1 Å². The van der Waals surface area contributed by atoms with Crippen LogP contribution in [0.2, 0.25) is 0 Å². The maximum absolute atomic E-state index is 6.37. The smallest absolute Gasteiger partial charge is 0.127 e. The van der Waals surface area contributed by atoms with E-state index in [4.69, 9.17) is 9.47 Å². The molecule has 0 atom stereocenters. The number of hydrogen-bond donors (Lipinski definition) is 0. The van der Waals surface area contributed by atoms with Gasteiger partial charge in [0.2, 0.25) is 0 Å². The van der Waals surface area contributed by atoms with Gasteiger partial charge in [0.1, 0.15) is 11.5 Å². The van der Waals surface area contributed by atoms with Gasteiger partial charge in [0.05, 0.1) is 24.2 Å². The zero-order valence-electron chi connectivity index (χ0n) is 18.6. The Morgan fingerprint density at radius 2 is 0.969 bits per heavy atom. The molecule has 0 fully saturated rings. The molecule has 0 aliphatic carbocycles. The molecule has 0 saturated heterocycles. The van der Waals surface area contributed by atoms with Gasteiger partial charge in [-0.3, -0.25) is 0 Å². The lowest BCUT2D eigenvalue weighted by molar-refractivity contribution is 0.310. The SMILES string of the molecule is CCCCOc1ccc2ccc3nnc4ccc5ccc(OCCCC)c6c1c2c3c4c56. The second kappa shape index (κ2) is 7.63. The fraction of sp³-hybridized carbons (Fsp3) is 0.286. The van der Waals surface area contributed by atoms with Gasteiger partial charge in [-0.05, 0) is 47.9 Å². The van der Waals surface area contributed by atoms with E-state index in [-0.39, 0.29) is 0 Å². The minimum Gasteiger partial charge on any atom is -0.493 e. The first-order valence-electron chi connectivity index (χ1n) is 11.7. The summed E-state index contributed by atoms with van der Waals surface area (Å²) in [5.74, 6) is 1.84. The number of rotatable bonds is 8. The minimum atomic E-state index is 0.707. The highest BCUT2D eigenvalue weighted by Gasteiger charge is 2.23. The number of nitrogens with zero attached hydrogens (tertiary/aromatic N) is 2. The Morgan fingerprint density at radius 1 is 0.531 bits per heavy atom. The molecule has 6 aromatic rings. The van der Waals surface area contributed by atoms with E-state index >= 15 is 0 Å². The van der Waals surface area contributed by atoms with Crippen LogP contribution < -0.4 is 9.47 Å². The van der Waals surface area contributed by atoms with Crippen LogP contribution in [0.3, 0.4) is 0 Å². The van der Waals surface area contributed by atoms with E-state index in [1.54, 1.807) is 0 Å². The van der Waals surface area contributed by atoms with E-state index in [1.165, 1.54) is 32.3 Å². The Kier molecular flexibility index (Phi) is 4.60. The van der Waals surface area contributed by atoms with Gasteiger partial charge in [0.15, 0.2) is 0 Å². The average molecular weight is 423 g/mol. The lowest BCUT2D eigenvalue weighted by Gasteiger charge is -2.21. The molecule has 0 aliphatic rings. The molecule has 0 bridgehead atoms. The van der Waals surface area contributed by atoms with E-state index < -0.39 is 0 Å². The molecule has 5 aromatic carbocycles. The molecule has 4 heteroatoms. The lowest BCUT2D eigenvalue weighted by atomic mass is 9.88. The fourth-order valence-corrected chi connectivity index (χ4v) is 4.95. The number of unbranched alkanes of at least 4 members (excludes halogenated alkanes) is 2. The Labute approximate surface area is 186 Å². The molecule has 32 heavy (non-hydrogen) atoms. The van der Waals surface area contributed by atoms with Gasteiger partial charge in [-0.25, -0.2) is 0 Å². The zero-order chi connectivity index (χ0) is 21.7. The number of hydrogen-bond acceptors (Lipinski definition) is 4. The van der Waals surface area contributed by atoms with Crippen LogP contribution in [0.1, 0.15) is 39.5 Å². The molecule has 0 aliphatic heterocycles. The van der Waals surface area contributed by atoms with Crippen LogP contribution in [-0.2, 0) is 0 Å². The highest BCUT2D eigenvalue weighted by atomic mass is 16.5. The van der Waals surface area contributed by atoms with Crippen molar-refractivity contribution in [3.05, 3.63) is 48.5 Å². The van der Waals surface area contributed by atoms with Gasteiger partial charge in [0.25, 0.3) is 0 Å². The van der Waals surface area contributed by atoms with Crippen molar-refractivity contribution in [1.82, 2.24) is 10.2 Å². The van der Waals surface area contributed by atoms with Crippen molar-refractivity contribution in [2.75, 3.05) is 13.2 Å². The monoisotopic (exact) mass is 422 g/mol. The Bertz CT molecular complexity index is 1430. The normalized spacial score (nSPS) is 12.2. The molecule has 0 amide bonds. The maximum atomic E-state index is 6.37. The van der Waals surface area contributed by atoms with Gasteiger partial charge in [0, 0.05) is 32.3 Å². The molecule has 0 radical (unpaired) electrons. The lowest BCUT2D eigenvalue weighted by Crippen LogP contribution is -2.02. The molecule has 0 unspecified atom stereocenters. The molecular weight excluding hydrogens is 396 g/mol. The van der Waals surface area contributed by atoms with Crippen molar-refractivity contribution in [1.29, 1.82) is 0 Å². The molecule has 0 spiro atoms. The van der Waals surface area contributed by atoms with Crippen LogP contribution in [0, 0.1) is 0 Å². The predicted molar refractivity (Wildman–Crippen MR) is 133 cm³/mol. The molecule has 4 nitrogen and oxygen atoms in total. The van der Waals surface area contributed by atoms with Crippen molar-refractivity contribution in [2.45, 2.75) is 39.5 Å². The van der Waals surface area contributed by atoms with Crippen molar-refractivity contribution in [3.63, 3.8) is 0 Å². The van der Waals surface area contributed by atoms with Gasteiger partial charge in [-0.15, -0.1) is 10.2 Å². The summed E-state index contributed by atoms with van der Waals surface area (Å²) in [6.45, 7) is 5.79. The standard InChI is InChI=1S/C28H26N2O2/c1-3-5-15-31-21-13-9-17-7-11-19-25-23(17)27(21)28-22(32-16-6-4-2)14-10-18-8-12-20(30-29-19)26(25)24(18)28/h7-14H,3-6,15-16H2,1-2H3. The number of fused-ring (bicyclic) bond motifs is 1. The largest absolute Gasteiger partial charge is 0.493 e. The van der Waals surface area contributed by atoms with Crippen LogP contribution in [0.15, 0.2) is 48.5 Å². The van der Waals surface area contributed by atoms with Gasteiger partial charge in [-0.2, -0.15) is 0 Å². The van der Waals surface area contributed by atoms with Crippen LogP contribution in [-0.4, -0.2) is 23.4 Å². The number of aromatic nitrogens is 2. The molecule has 1 aromatic heterocycles. The Balaban J connectivity index is 1.81. The average Bonchev–Trinajstić information content (AvgIpc) is 2.83. The van der Waals surface area contributed by atoms with Gasteiger partial charge < -0.3 is 9.47 Å². The summed E-state index contributed by atoms with van der Waals surface area (Å²) in [4.78, 5) is 0. The summed E-state index contributed by atoms with van der Waals surface area (Å²) in [6.07, 6.45) is 4.27. The van der Waals surface area contributed by atoms with Crippen LogP contribution in [0.5, 0.6) is 11.5 Å². The second-order valence-corrected chi connectivity index (χ2v) is 8.60. The first kappa shape index (κ1) is 19.3. The van der Waals surface area contributed by atoms with E-state index in [0.29, 0.717) is 13.2 Å². The Hall–Kier alpha value is -3.40. The second-order valence-electron chi connectivity index (χ2n) is 8.60. The summed E-state index contributed by atoms with van der Waals surface area (Å²) in [7, 11) is 0. The first-order chi connectivity index (χ1) is 15.8. The Morgan fingerprint density at radius 3 is 1.41 bits per heavy atom. The van der Waals surface area contributed by atoms with E-state index in [2.05, 4.69) is 72.6 Å². The summed E-state index contributed by atoms with van der Waals surface area (Å²) < 4.78 is 12.7. The van der Waals surface area contributed by atoms with Crippen molar-refractivity contribution in [3.8, 4) is 11.5 Å².